The van der Waals surface area contributed by atoms with E-state index in [0.29, 0.717) is 14.6 Å². The minimum Gasteiger partial charge on any atom is -0.378 e. The van der Waals surface area contributed by atoms with Crippen molar-refractivity contribution in [1.82, 2.24) is 0 Å². The molecule has 0 amide bonds. The second-order valence-corrected chi connectivity index (χ2v) is 6.12. The molecule has 1 aliphatic heterocycles. The number of halogens is 2. The number of hydrogen-bond acceptors (Lipinski definition) is 3. The second kappa shape index (κ2) is 4.60. The van der Waals surface area contributed by atoms with E-state index in [1.165, 1.54) is 11.3 Å². The standard InChI is InChI=1S/C10H13Cl2NOS/c1-5-6(2-3-14-5)9(13)7-4-8(11)15-10(7)12/h4-6,9H,2-3,13H2,1H3. The van der Waals surface area contributed by atoms with Crippen molar-refractivity contribution in [2.75, 3.05) is 6.61 Å². The Kier molecular flexibility index (Phi) is 3.58. The second-order valence-electron chi connectivity index (χ2n) is 3.83. The molecule has 0 aliphatic carbocycles. The van der Waals surface area contributed by atoms with Crippen molar-refractivity contribution in [3.63, 3.8) is 0 Å². The summed E-state index contributed by atoms with van der Waals surface area (Å²) in [6, 6.07) is 1.79. The maximum atomic E-state index is 6.19. The number of ether oxygens (including phenoxy) is 1. The van der Waals surface area contributed by atoms with Crippen molar-refractivity contribution < 1.29 is 4.74 Å². The molecule has 15 heavy (non-hydrogen) atoms. The minimum atomic E-state index is -0.0706. The molecular weight excluding hydrogens is 253 g/mol. The SMILES string of the molecule is CC1OCCC1C(N)c1cc(Cl)sc1Cl. The van der Waals surface area contributed by atoms with Crippen molar-refractivity contribution in [2.45, 2.75) is 25.5 Å². The Labute approximate surface area is 103 Å². The summed E-state index contributed by atoms with van der Waals surface area (Å²) in [5.74, 6) is 0.341. The fourth-order valence-electron chi connectivity index (χ4n) is 2.03. The van der Waals surface area contributed by atoms with E-state index in [9.17, 15) is 0 Å². The van der Waals surface area contributed by atoms with Crippen molar-refractivity contribution in [2.24, 2.45) is 11.7 Å². The predicted molar refractivity (Wildman–Crippen MR) is 64.8 cm³/mol. The van der Waals surface area contributed by atoms with Gasteiger partial charge in [0, 0.05) is 24.1 Å². The zero-order valence-corrected chi connectivity index (χ0v) is 10.7. The lowest BCUT2D eigenvalue weighted by Crippen LogP contribution is -2.26. The highest BCUT2D eigenvalue weighted by molar-refractivity contribution is 7.20. The molecule has 0 spiro atoms. The van der Waals surface area contributed by atoms with Gasteiger partial charge < -0.3 is 10.5 Å². The molecule has 0 saturated carbocycles. The van der Waals surface area contributed by atoms with Gasteiger partial charge in [-0.2, -0.15) is 0 Å². The molecule has 84 valence electrons. The summed E-state index contributed by atoms with van der Waals surface area (Å²) in [4.78, 5) is 0. The molecule has 1 fully saturated rings. The smallest absolute Gasteiger partial charge is 0.0992 e. The first-order valence-corrected chi connectivity index (χ1v) is 6.48. The van der Waals surface area contributed by atoms with Crippen molar-refractivity contribution >= 4 is 34.5 Å². The van der Waals surface area contributed by atoms with Gasteiger partial charge >= 0.3 is 0 Å². The zero-order chi connectivity index (χ0) is 11.0. The predicted octanol–water partition coefficient (Wildman–Crippen LogP) is 3.48. The fourth-order valence-corrected chi connectivity index (χ4v) is 3.60. The molecular formula is C10H13Cl2NOS. The Bertz CT molecular complexity index is 355. The van der Waals surface area contributed by atoms with Crippen LogP contribution in [0.25, 0.3) is 0 Å². The quantitative estimate of drug-likeness (QED) is 0.889. The van der Waals surface area contributed by atoms with Gasteiger partial charge in [0.05, 0.1) is 14.8 Å². The Morgan fingerprint density at radius 3 is 2.80 bits per heavy atom. The third-order valence-electron chi connectivity index (χ3n) is 2.94. The minimum absolute atomic E-state index is 0.0706. The van der Waals surface area contributed by atoms with E-state index in [0.717, 1.165) is 18.6 Å². The summed E-state index contributed by atoms with van der Waals surface area (Å²) in [5.41, 5.74) is 7.14. The first kappa shape index (κ1) is 11.7. The van der Waals surface area contributed by atoms with Gasteiger partial charge in [-0.25, -0.2) is 0 Å². The van der Waals surface area contributed by atoms with Crippen LogP contribution < -0.4 is 5.73 Å². The first-order valence-electron chi connectivity index (χ1n) is 4.91. The number of rotatable bonds is 2. The molecule has 2 N–H and O–H groups in total. The van der Waals surface area contributed by atoms with Crippen LogP contribution in [0.4, 0.5) is 0 Å². The molecule has 1 aromatic rings. The largest absolute Gasteiger partial charge is 0.378 e. The highest BCUT2D eigenvalue weighted by Gasteiger charge is 2.32. The normalized spacial score (nSPS) is 28.3. The zero-order valence-electron chi connectivity index (χ0n) is 8.37. The summed E-state index contributed by atoms with van der Waals surface area (Å²) >= 11 is 13.3. The Morgan fingerprint density at radius 1 is 1.60 bits per heavy atom. The van der Waals surface area contributed by atoms with Crippen LogP contribution in [-0.4, -0.2) is 12.7 Å². The fraction of sp³-hybridized carbons (Fsp3) is 0.600. The maximum absolute atomic E-state index is 6.19. The summed E-state index contributed by atoms with van der Waals surface area (Å²) in [5, 5.41) is 0. The van der Waals surface area contributed by atoms with Gasteiger partial charge in [-0.15, -0.1) is 11.3 Å². The van der Waals surface area contributed by atoms with Gasteiger partial charge in [0.2, 0.25) is 0 Å². The molecule has 5 heteroatoms. The average Bonchev–Trinajstić information content (AvgIpc) is 2.71. The Balaban J connectivity index is 2.19. The van der Waals surface area contributed by atoms with E-state index >= 15 is 0 Å². The van der Waals surface area contributed by atoms with Gasteiger partial charge in [0.15, 0.2) is 0 Å². The van der Waals surface area contributed by atoms with Crippen LogP contribution in [0.3, 0.4) is 0 Å². The number of nitrogens with two attached hydrogens (primary N) is 1. The maximum Gasteiger partial charge on any atom is 0.0992 e. The molecule has 1 aromatic heterocycles. The molecule has 3 atom stereocenters. The van der Waals surface area contributed by atoms with Gasteiger partial charge in [-0.05, 0) is 19.4 Å². The van der Waals surface area contributed by atoms with Crippen LogP contribution in [-0.2, 0) is 4.74 Å². The van der Waals surface area contributed by atoms with Crippen LogP contribution in [0, 0.1) is 5.92 Å². The van der Waals surface area contributed by atoms with Crippen LogP contribution in [0.2, 0.25) is 8.67 Å². The summed E-state index contributed by atoms with van der Waals surface area (Å²) in [6.07, 6.45) is 1.20. The number of hydrogen-bond donors (Lipinski definition) is 1. The van der Waals surface area contributed by atoms with E-state index < -0.39 is 0 Å². The lowest BCUT2D eigenvalue weighted by atomic mass is 9.90. The Morgan fingerprint density at radius 2 is 2.33 bits per heavy atom. The monoisotopic (exact) mass is 265 g/mol. The average molecular weight is 266 g/mol. The molecule has 2 rings (SSSR count). The van der Waals surface area contributed by atoms with Crippen molar-refractivity contribution in [3.05, 3.63) is 20.3 Å². The lowest BCUT2D eigenvalue weighted by Gasteiger charge is -2.21. The topological polar surface area (TPSA) is 35.2 Å². The lowest BCUT2D eigenvalue weighted by molar-refractivity contribution is 0.0995. The molecule has 0 radical (unpaired) electrons. The van der Waals surface area contributed by atoms with Crippen LogP contribution in [0.5, 0.6) is 0 Å². The van der Waals surface area contributed by atoms with Crippen LogP contribution in [0.15, 0.2) is 6.07 Å². The van der Waals surface area contributed by atoms with Crippen LogP contribution in [0.1, 0.15) is 24.9 Å². The van der Waals surface area contributed by atoms with Crippen LogP contribution >= 0.6 is 34.5 Å². The molecule has 0 aromatic carbocycles. The molecule has 2 heterocycles. The molecule has 1 saturated heterocycles. The van der Waals surface area contributed by atoms with E-state index in [1.54, 1.807) is 0 Å². The third kappa shape index (κ3) is 2.32. The Hall–Kier alpha value is 0.200. The third-order valence-corrected chi connectivity index (χ3v) is 4.46. The number of thiophene rings is 1. The highest BCUT2D eigenvalue weighted by atomic mass is 35.5. The molecule has 1 aliphatic rings. The van der Waals surface area contributed by atoms with Crippen molar-refractivity contribution in [1.29, 1.82) is 0 Å². The molecule has 3 unspecified atom stereocenters. The molecule has 0 bridgehead atoms. The van der Waals surface area contributed by atoms with Gasteiger partial charge in [-0.1, -0.05) is 23.2 Å². The molecule has 2 nitrogen and oxygen atoms in total. The summed E-state index contributed by atoms with van der Waals surface area (Å²) < 4.78 is 6.89. The van der Waals surface area contributed by atoms with E-state index in [4.69, 9.17) is 33.7 Å². The van der Waals surface area contributed by atoms with E-state index in [-0.39, 0.29) is 12.1 Å². The van der Waals surface area contributed by atoms with Crippen molar-refractivity contribution in [3.8, 4) is 0 Å². The highest BCUT2D eigenvalue weighted by Crippen LogP contribution is 2.39. The van der Waals surface area contributed by atoms with E-state index in [1.807, 2.05) is 6.07 Å². The van der Waals surface area contributed by atoms with Gasteiger partial charge in [-0.3, -0.25) is 0 Å². The summed E-state index contributed by atoms with van der Waals surface area (Å²) in [7, 11) is 0. The van der Waals surface area contributed by atoms with E-state index in [2.05, 4.69) is 6.92 Å². The summed E-state index contributed by atoms with van der Waals surface area (Å²) in [6.45, 7) is 2.84. The van der Waals surface area contributed by atoms with Gasteiger partial charge in [0.1, 0.15) is 0 Å². The van der Waals surface area contributed by atoms with Gasteiger partial charge in [0.25, 0.3) is 0 Å². The first-order chi connectivity index (χ1) is 7.09.